The van der Waals surface area contributed by atoms with Crippen molar-refractivity contribution in [3.8, 4) is 0 Å². The Morgan fingerprint density at radius 2 is 1.71 bits per heavy atom. The normalized spacial score (nSPS) is 20.5. The first kappa shape index (κ1) is 34.4. The summed E-state index contributed by atoms with van der Waals surface area (Å²) in [6, 6.07) is 29.7. The van der Waals surface area contributed by atoms with Gasteiger partial charge in [0.1, 0.15) is 11.3 Å². The molecule has 0 spiro atoms. The van der Waals surface area contributed by atoms with Gasteiger partial charge in [-0.2, -0.15) is 0 Å². The highest BCUT2D eigenvalue weighted by atomic mass is 32.2. The topological polar surface area (TPSA) is 117 Å². The summed E-state index contributed by atoms with van der Waals surface area (Å²) in [6.07, 6.45) is 2.24. The number of amides is 3. The van der Waals surface area contributed by atoms with Gasteiger partial charge < -0.3 is 24.6 Å². The van der Waals surface area contributed by atoms with Crippen molar-refractivity contribution in [2.24, 2.45) is 4.99 Å². The van der Waals surface area contributed by atoms with Gasteiger partial charge in [0.15, 0.2) is 11.3 Å². The number of likely N-dealkylation sites (tertiary alicyclic amines) is 1. The van der Waals surface area contributed by atoms with E-state index >= 15 is 0 Å². The maximum absolute atomic E-state index is 14.0. The number of nitrogens with zero attached hydrogens (tertiary/aromatic N) is 5. The van der Waals surface area contributed by atoms with Crippen LogP contribution in [-0.4, -0.2) is 83.7 Å². The van der Waals surface area contributed by atoms with Gasteiger partial charge in [-0.05, 0) is 72.5 Å². The third kappa shape index (κ3) is 7.83. The summed E-state index contributed by atoms with van der Waals surface area (Å²) in [5.41, 5.74) is 4.77. The van der Waals surface area contributed by atoms with Crippen LogP contribution in [0.5, 0.6) is 0 Å². The molecule has 7 rings (SSSR count). The predicted octanol–water partition coefficient (Wildman–Crippen LogP) is 5.74. The molecule has 1 aromatic heterocycles. The van der Waals surface area contributed by atoms with Crippen LogP contribution in [0, 0.1) is 0 Å². The SMILES string of the molecule is CO[C@@H](C(=O)N1CCC[C@@H]1C(=O)Nc1ccc(C2SC(=Nc3ccc(N4CCOCC4)cc3)N(Cc3ccccn3)C2=O)cc1)c1ccccc1. The molecule has 0 radical (unpaired) electrons. The number of thioether (sulfide) groups is 1. The van der Waals surface area contributed by atoms with Gasteiger partial charge in [-0.15, -0.1) is 0 Å². The number of carbonyl (C=O) groups is 3. The second-order valence-electron chi connectivity index (χ2n) is 12.6. The highest BCUT2D eigenvalue weighted by Gasteiger charge is 2.40. The lowest BCUT2D eigenvalue weighted by atomic mass is 10.1. The molecule has 3 saturated heterocycles. The molecule has 3 amide bonds. The van der Waals surface area contributed by atoms with Crippen molar-refractivity contribution in [2.45, 2.75) is 36.8 Å². The van der Waals surface area contributed by atoms with Crippen LogP contribution in [0.15, 0.2) is 108 Å². The van der Waals surface area contributed by atoms with E-state index in [4.69, 9.17) is 14.5 Å². The average molecular weight is 705 g/mol. The molecule has 11 nitrogen and oxygen atoms in total. The average Bonchev–Trinajstić information content (AvgIpc) is 3.79. The number of aromatic nitrogens is 1. The number of carbonyl (C=O) groups excluding carboxylic acids is 3. The van der Waals surface area contributed by atoms with Crippen LogP contribution in [0.1, 0.15) is 41.0 Å². The number of ether oxygens (including phenoxy) is 2. The second kappa shape index (κ2) is 15.9. The first-order valence-corrected chi connectivity index (χ1v) is 18.0. The van der Waals surface area contributed by atoms with E-state index in [1.54, 1.807) is 28.1 Å². The highest BCUT2D eigenvalue weighted by molar-refractivity contribution is 8.15. The minimum absolute atomic E-state index is 0.0858. The lowest BCUT2D eigenvalue weighted by Gasteiger charge is -2.28. The lowest BCUT2D eigenvalue weighted by Crippen LogP contribution is -2.45. The summed E-state index contributed by atoms with van der Waals surface area (Å²) in [4.78, 5) is 55.9. The number of methoxy groups -OCH3 is 1. The van der Waals surface area contributed by atoms with Crippen molar-refractivity contribution in [3.05, 3.63) is 120 Å². The lowest BCUT2D eigenvalue weighted by molar-refractivity contribution is -0.146. The molecule has 262 valence electrons. The van der Waals surface area contributed by atoms with E-state index < -0.39 is 17.4 Å². The standard InChI is InChI=1S/C39H40N6O5S/c1-49-34(27-8-3-2-4-9-27)37(47)44-21-7-11-33(44)36(46)41-29-14-12-28(13-15-29)35-38(48)45(26-31-10-5-6-20-40-31)39(51-35)42-30-16-18-32(19-17-30)43-22-24-50-25-23-43/h2-6,8-10,12-20,33-35H,7,11,21-26H2,1H3,(H,41,46)/t33-,34-,35?/m1/s1. The summed E-state index contributed by atoms with van der Waals surface area (Å²) in [5.74, 6) is -0.565. The molecule has 12 heteroatoms. The van der Waals surface area contributed by atoms with Crippen LogP contribution in [0.3, 0.4) is 0 Å². The van der Waals surface area contributed by atoms with E-state index in [2.05, 4.69) is 27.3 Å². The van der Waals surface area contributed by atoms with Crippen molar-refractivity contribution in [1.29, 1.82) is 0 Å². The number of amidine groups is 1. The molecule has 3 aliphatic rings. The van der Waals surface area contributed by atoms with E-state index in [1.165, 1.54) is 18.9 Å². The molecular weight excluding hydrogens is 665 g/mol. The number of anilines is 2. The van der Waals surface area contributed by atoms with E-state index in [0.717, 1.165) is 47.7 Å². The molecule has 3 aromatic carbocycles. The quantitative estimate of drug-likeness (QED) is 0.222. The van der Waals surface area contributed by atoms with Crippen molar-refractivity contribution in [2.75, 3.05) is 50.2 Å². The van der Waals surface area contributed by atoms with E-state index in [1.807, 2.05) is 72.8 Å². The Labute approximate surface area is 301 Å². The molecule has 0 bridgehead atoms. The van der Waals surface area contributed by atoms with E-state index in [-0.39, 0.29) is 17.7 Å². The van der Waals surface area contributed by atoms with Gasteiger partial charge in [0.25, 0.3) is 5.91 Å². The minimum Gasteiger partial charge on any atom is -0.378 e. The fourth-order valence-electron chi connectivity index (χ4n) is 6.65. The Morgan fingerprint density at radius 1 is 0.961 bits per heavy atom. The Morgan fingerprint density at radius 3 is 2.41 bits per heavy atom. The van der Waals surface area contributed by atoms with Gasteiger partial charge in [-0.1, -0.05) is 60.3 Å². The molecule has 1 unspecified atom stereocenters. The summed E-state index contributed by atoms with van der Waals surface area (Å²) < 4.78 is 11.0. The van der Waals surface area contributed by atoms with Crippen molar-refractivity contribution in [3.63, 3.8) is 0 Å². The molecule has 1 N–H and O–H groups in total. The van der Waals surface area contributed by atoms with Crippen LogP contribution >= 0.6 is 11.8 Å². The van der Waals surface area contributed by atoms with Gasteiger partial charge in [-0.3, -0.25) is 24.3 Å². The van der Waals surface area contributed by atoms with Crippen molar-refractivity contribution >= 4 is 51.7 Å². The largest absolute Gasteiger partial charge is 0.378 e. The first-order chi connectivity index (χ1) is 25.0. The monoisotopic (exact) mass is 704 g/mol. The number of benzene rings is 3. The van der Waals surface area contributed by atoms with Crippen LogP contribution < -0.4 is 10.2 Å². The van der Waals surface area contributed by atoms with Crippen LogP contribution in [-0.2, 0) is 30.4 Å². The van der Waals surface area contributed by atoms with Crippen LogP contribution in [0.2, 0.25) is 0 Å². The molecule has 51 heavy (non-hydrogen) atoms. The van der Waals surface area contributed by atoms with Crippen LogP contribution in [0.25, 0.3) is 0 Å². The maximum atomic E-state index is 14.0. The van der Waals surface area contributed by atoms with E-state index in [0.29, 0.717) is 43.6 Å². The first-order valence-electron chi connectivity index (χ1n) is 17.2. The fourth-order valence-corrected chi connectivity index (χ4v) is 7.82. The molecule has 3 aliphatic heterocycles. The van der Waals surface area contributed by atoms with E-state index in [9.17, 15) is 14.4 Å². The second-order valence-corrected chi connectivity index (χ2v) is 13.7. The summed E-state index contributed by atoms with van der Waals surface area (Å²) in [7, 11) is 1.51. The fraction of sp³-hybridized carbons (Fsp3) is 0.308. The van der Waals surface area contributed by atoms with Gasteiger partial charge in [0, 0.05) is 44.3 Å². The maximum Gasteiger partial charge on any atom is 0.257 e. The molecule has 4 aromatic rings. The number of nitrogens with one attached hydrogen (secondary N) is 1. The third-order valence-electron chi connectivity index (χ3n) is 9.32. The highest BCUT2D eigenvalue weighted by Crippen LogP contribution is 2.41. The van der Waals surface area contributed by atoms with Gasteiger partial charge in [0.2, 0.25) is 11.8 Å². The Kier molecular flexibility index (Phi) is 10.7. The summed E-state index contributed by atoms with van der Waals surface area (Å²) >= 11 is 1.40. The molecule has 0 aliphatic carbocycles. The predicted molar refractivity (Wildman–Crippen MR) is 198 cm³/mol. The zero-order valence-corrected chi connectivity index (χ0v) is 29.2. The smallest absolute Gasteiger partial charge is 0.257 e. The summed E-state index contributed by atoms with van der Waals surface area (Å²) in [5, 5.41) is 3.07. The zero-order valence-electron chi connectivity index (χ0n) is 28.4. The molecule has 3 fully saturated rings. The van der Waals surface area contributed by atoms with Crippen molar-refractivity contribution in [1.82, 2.24) is 14.8 Å². The number of morpholine rings is 1. The third-order valence-corrected chi connectivity index (χ3v) is 10.6. The van der Waals surface area contributed by atoms with Crippen molar-refractivity contribution < 1.29 is 23.9 Å². The minimum atomic E-state index is -0.777. The van der Waals surface area contributed by atoms with Gasteiger partial charge in [0.05, 0.1) is 31.1 Å². The molecule has 3 atom stereocenters. The number of rotatable bonds is 10. The zero-order chi connectivity index (χ0) is 35.2. The Hall–Kier alpha value is -5.04. The van der Waals surface area contributed by atoms with Gasteiger partial charge in [-0.25, -0.2) is 4.99 Å². The Bertz CT molecular complexity index is 1850. The molecule has 4 heterocycles. The number of hydrogen-bond donors (Lipinski definition) is 1. The van der Waals surface area contributed by atoms with Gasteiger partial charge >= 0.3 is 0 Å². The number of aliphatic imine (C=N–C) groups is 1. The molecule has 0 saturated carbocycles. The molecular formula is C39H40N6O5S. The number of hydrogen-bond acceptors (Lipinski definition) is 9. The Balaban J connectivity index is 1.05. The van der Waals surface area contributed by atoms with Crippen LogP contribution in [0.4, 0.5) is 17.1 Å². The summed E-state index contributed by atoms with van der Waals surface area (Å²) in [6.45, 7) is 3.91. The number of pyridine rings is 1.